The maximum absolute atomic E-state index is 11.5. The highest BCUT2D eigenvalue weighted by Gasteiger charge is 2.14. The normalized spacial score (nSPS) is 10.6. The summed E-state index contributed by atoms with van der Waals surface area (Å²) in [6.07, 6.45) is 0.511. The summed E-state index contributed by atoms with van der Waals surface area (Å²) in [5.41, 5.74) is -0.487. The summed E-state index contributed by atoms with van der Waals surface area (Å²) in [4.78, 5) is 11.5. The number of methoxy groups -OCH3 is 1. The molecule has 0 radical (unpaired) electrons. The summed E-state index contributed by atoms with van der Waals surface area (Å²) in [7, 11) is 1.28. The molecule has 1 aromatic heterocycles. The van der Waals surface area contributed by atoms with Crippen molar-refractivity contribution in [2.24, 2.45) is 0 Å². The van der Waals surface area contributed by atoms with Crippen molar-refractivity contribution in [3.63, 3.8) is 0 Å². The van der Waals surface area contributed by atoms with E-state index in [0.29, 0.717) is 24.2 Å². The second-order valence-corrected chi connectivity index (χ2v) is 3.85. The first-order valence-corrected chi connectivity index (χ1v) is 5.75. The average Bonchev–Trinajstić information content (AvgIpc) is 2.40. The fraction of sp³-hybridized carbons (Fsp3) is 0.308. The van der Waals surface area contributed by atoms with Crippen LogP contribution in [-0.2, 0) is 0 Å². The molecule has 0 spiro atoms. The van der Waals surface area contributed by atoms with Gasteiger partial charge in [-0.05, 0) is 18.2 Å². The largest absolute Gasteiger partial charge is 0.504 e. The molecule has 102 valence electrons. The van der Waals surface area contributed by atoms with Crippen molar-refractivity contribution in [3.05, 3.63) is 28.6 Å². The molecule has 0 aliphatic rings. The van der Waals surface area contributed by atoms with Gasteiger partial charge in [-0.1, -0.05) is 0 Å². The number of hydrogen-bond acceptors (Lipinski definition) is 6. The molecule has 1 aromatic carbocycles. The zero-order valence-electron chi connectivity index (χ0n) is 10.4. The Balaban J connectivity index is 2.43. The van der Waals surface area contributed by atoms with E-state index in [4.69, 9.17) is 19.0 Å². The quantitative estimate of drug-likeness (QED) is 0.625. The number of aliphatic hydroxyl groups excluding tert-OH is 1. The van der Waals surface area contributed by atoms with Gasteiger partial charge in [0.05, 0.1) is 19.1 Å². The predicted octanol–water partition coefficient (Wildman–Crippen LogP) is 1.27. The molecule has 2 rings (SSSR count). The number of aliphatic hydroxyl groups is 1. The SMILES string of the molecule is COc1c(O)c2cc(OCCCO)ccc2oc1=O. The van der Waals surface area contributed by atoms with E-state index in [9.17, 15) is 9.90 Å². The minimum atomic E-state index is -0.735. The van der Waals surface area contributed by atoms with Crippen LogP contribution in [0.15, 0.2) is 27.4 Å². The fourth-order valence-electron chi connectivity index (χ4n) is 1.67. The maximum Gasteiger partial charge on any atom is 0.383 e. The van der Waals surface area contributed by atoms with Crippen molar-refractivity contribution in [1.29, 1.82) is 0 Å². The van der Waals surface area contributed by atoms with Gasteiger partial charge >= 0.3 is 5.63 Å². The molecule has 0 amide bonds. The number of ether oxygens (including phenoxy) is 2. The van der Waals surface area contributed by atoms with E-state index in [-0.39, 0.29) is 23.7 Å². The fourth-order valence-corrected chi connectivity index (χ4v) is 1.67. The number of rotatable bonds is 5. The van der Waals surface area contributed by atoms with E-state index in [1.54, 1.807) is 12.1 Å². The van der Waals surface area contributed by atoms with Gasteiger partial charge in [-0.25, -0.2) is 4.79 Å². The molecular formula is C13H14O6. The molecule has 19 heavy (non-hydrogen) atoms. The third-order valence-electron chi connectivity index (χ3n) is 2.58. The highest BCUT2D eigenvalue weighted by atomic mass is 16.5. The zero-order chi connectivity index (χ0) is 13.8. The standard InChI is InChI=1S/C13H14O6/c1-17-12-11(15)9-7-8(18-6-2-5-14)3-4-10(9)19-13(12)16/h3-4,7,14-15H,2,5-6H2,1H3. The van der Waals surface area contributed by atoms with E-state index in [2.05, 4.69) is 0 Å². The number of fused-ring (bicyclic) bond motifs is 1. The molecular weight excluding hydrogens is 252 g/mol. The summed E-state index contributed by atoms with van der Waals surface area (Å²) >= 11 is 0. The van der Waals surface area contributed by atoms with Crippen LogP contribution in [-0.4, -0.2) is 30.5 Å². The van der Waals surface area contributed by atoms with Crippen molar-refractivity contribution >= 4 is 11.0 Å². The number of benzene rings is 1. The predicted molar refractivity (Wildman–Crippen MR) is 67.9 cm³/mol. The molecule has 6 heteroatoms. The maximum atomic E-state index is 11.5. The van der Waals surface area contributed by atoms with Crippen LogP contribution in [0.3, 0.4) is 0 Å². The molecule has 2 aromatic rings. The van der Waals surface area contributed by atoms with E-state index >= 15 is 0 Å². The Labute approximate surface area is 108 Å². The van der Waals surface area contributed by atoms with Gasteiger partial charge in [0.2, 0.25) is 5.75 Å². The Morgan fingerprint density at radius 2 is 2.16 bits per heavy atom. The third-order valence-corrected chi connectivity index (χ3v) is 2.58. The van der Waals surface area contributed by atoms with Crippen LogP contribution >= 0.6 is 0 Å². The van der Waals surface area contributed by atoms with E-state index in [1.807, 2.05) is 0 Å². The minimum Gasteiger partial charge on any atom is -0.504 e. The van der Waals surface area contributed by atoms with E-state index in [0.717, 1.165) is 0 Å². The van der Waals surface area contributed by atoms with Gasteiger partial charge in [-0.2, -0.15) is 0 Å². The van der Waals surface area contributed by atoms with Crippen molar-refractivity contribution in [1.82, 2.24) is 0 Å². The Morgan fingerprint density at radius 1 is 1.37 bits per heavy atom. The highest BCUT2D eigenvalue weighted by Crippen LogP contribution is 2.33. The molecule has 1 heterocycles. The van der Waals surface area contributed by atoms with Crippen LogP contribution in [0.2, 0.25) is 0 Å². The van der Waals surface area contributed by atoms with Crippen molar-refractivity contribution < 1.29 is 24.1 Å². The Bertz CT molecular complexity index is 631. The van der Waals surface area contributed by atoms with E-state index < -0.39 is 5.63 Å². The minimum absolute atomic E-state index is 0.0432. The molecule has 0 fully saturated rings. The lowest BCUT2D eigenvalue weighted by Crippen LogP contribution is -2.04. The number of aromatic hydroxyl groups is 1. The molecule has 0 saturated heterocycles. The molecule has 0 atom stereocenters. The first-order valence-electron chi connectivity index (χ1n) is 5.75. The van der Waals surface area contributed by atoms with Crippen LogP contribution in [0.25, 0.3) is 11.0 Å². The third kappa shape index (κ3) is 2.63. The number of hydrogen-bond donors (Lipinski definition) is 2. The summed E-state index contributed by atoms with van der Waals surface area (Å²) in [5.74, 6) is -0.00600. The summed E-state index contributed by atoms with van der Waals surface area (Å²) in [5, 5.41) is 18.9. The second kappa shape index (κ2) is 5.62. The van der Waals surface area contributed by atoms with Gasteiger partial charge in [0, 0.05) is 13.0 Å². The van der Waals surface area contributed by atoms with Crippen molar-refractivity contribution in [3.8, 4) is 17.2 Å². The summed E-state index contributed by atoms with van der Waals surface area (Å²) < 4.78 is 15.2. The average molecular weight is 266 g/mol. The van der Waals surface area contributed by atoms with Gasteiger partial charge in [0.15, 0.2) is 5.75 Å². The van der Waals surface area contributed by atoms with Gasteiger partial charge < -0.3 is 24.1 Å². The van der Waals surface area contributed by atoms with Gasteiger partial charge in [-0.15, -0.1) is 0 Å². The Morgan fingerprint density at radius 3 is 2.84 bits per heavy atom. The first-order chi connectivity index (χ1) is 9.17. The lowest BCUT2D eigenvalue weighted by molar-refractivity contribution is 0.233. The zero-order valence-corrected chi connectivity index (χ0v) is 10.4. The van der Waals surface area contributed by atoms with Gasteiger partial charge in [-0.3, -0.25) is 0 Å². The Hall–Kier alpha value is -2.21. The monoisotopic (exact) mass is 266 g/mol. The summed E-state index contributed by atoms with van der Waals surface area (Å²) in [6.45, 7) is 0.401. The van der Waals surface area contributed by atoms with Crippen LogP contribution in [0.5, 0.6) is 17.2 Å². The van der Waals surface area contributed by atoms with Crippen LogP contribution < -0.4 is 15.1 Å². The highest BCUT2D eigenvalue weighted by molar-refractivity contribution is 5.86. The van der Waals surface area contributed by atoms with Crippen molar-refractivity contribution in [2.75, 3.05) is 20.3 Å². The van der Waals surface area contributed by atoms with E-state index in [1.165, 1.54) is 13.2 Å². The molecule has 0 aliphatic carbocycles. The smallest absolute Gasteiger partial charge is 0.383 e. The van der Waals surface area contributed by atoms with Crippen LogP contribution in [0, 0.1) is 0 Å². The van der Waals surface area contributed by atoms with Crippen LogP contribution in [0.4, 0.5) is 0 Å². The second-order valence-electron chi connectivity index (χ2n) is 3.85. The molecule has 0 aliphatic heterocycles. The summed E-state index contributed by atoms with van der Waals surface area (Å²) in [6, 6.07) is 4.70. The molecule has 2 N–H and O–H groups in total. The Kier molecular flexibility index (Phi) is 3.91. The van der Waals surface area contributed by atoms with Gasteiger partial charge in [0.1, 0.15) is 11.3 Å². The lowest BCUT2D eigenvalue weighted by Gasteiger charge is -2.08. The topological polar surface area (TPSA) is 89.1 Å². The van der Waals surface area contributed by atoms with Gasteiger partial charge in [0.25, 0.3) is 0 Å². The molecule has 0 bridgehead atoms. The molecule has 6 nitrogen and oxygen atoms in total. The molecule has 0 saturated carbocycles. The van der Waals surface area contributed by atoms with Crippen molar-refractivity contribution in [2.45, 2.75) is 6.42 Å². The van der Waals surface area contributed by atoms with Crippen LogP contribution in [0.1, 0.15) is 6.42 Å². The first kappa shape index (κ1) is 13.2. The lowest BCUT2D eigenvalue weighted by atomic mass is 10.2. The molecule has 0 unspecified atom stereocenters.